The molecule has 2 amide bonds. The zero-order valence-electron chi connectivity index (χ0n) is 17.0. The Labute approximate surface area is 166 Å². The Bertz CT molecular complexity index is 711. The van der Waals surface area contributed by atoms with Gasteiger partial charge in [0.05, 0.1) is 5.56 Å². The first-order chi connectivity index (χ1) is 13.1. The van der Waals surface area contributed by atoms with E-state index in [9.17, 15) is 14.4 Å². The molecule has 2 N–H and O–H groups in total. The molecule has 0 aromatic heterocycles. The highest BCUT2D eigenvalue weighted by Crippen LogP contribution is 2.23. The number of rotatable bonds is 5. The van der Waals surface area contributed by atoms with E-state index < -0.39 is 17.7 Å². The third-order valence-electron chi connectivity index (χ3n) is 4.54. The fourth-order valence-electron chi connectivity index (χ4n) is 3.14. The Morgan fingerprint density at radius 3 is 2.54 bits per heavy atom. The van der Waals surface area contributed by atoms with Crippen molar-refractivity contribution in [1.82, 2.24) is 5.32 Å². The summed E-state index contributed by atoms with van der Waals surface area (Å²) in [5.74, 6) is -0.487. The average Bonchev–Trinajstić information content (AvgIpc) is 2.60. The van der Waals surface area contributed by atoms with Crippen LogP contribution in [0.5, 0.6) is 0 Å². The molecule has 2 atom stereocenters. The fraction of sp³-hybridized carbons (Fsp3) is 0.571. The molecule has 1 aliphatic rings. The highest BCUT2D eigenvalue weighted by atomic mass is 16.6. The van der Waals surface area contributed by atoms with Gasteiger partial charge in [-0.3, -0.25) is 10.1 Å². The van der Waals surface area contributed by atoms with E-state index in [2.05, 4.69) is 17.6 Å². The van der Waals surface area contributed by atoms with E-state index in [0.29, 0.717) is 11.6 Å². The van der Waals surface area contributed by atoms with Crippen LogP contribution in [0, 0.1) is 5.92 Å². The molecule has 0 heterocycles. The molecule has 28 heavy (non-hydrogen) atoms. The van der Waals surface area contributed by atoms with Gasteiger partial charge in [-0.15, -0.1) is 0 Å². The number of benzene rings is 1. The maximum atomic E-state index is 12.2. The molecule has 2 rings (SSSR count). The summed E-state index contributed by atoms with van der Waals surface area (Å²) in [5.41, 5.74) is 0.0284. The molecule has 7 heteroatoms. The predicted octanol–water partition coefficient (Wildman–Crippen LogP) is 3.89. The summed E-state index contributed by atoms with van der Waals surface area (Å²) in [6, 6.07) is 6.43. The topological polar surface area (TPSA) is 93.7 Å². The van der Waals surface area contributed by atoms with E-state index in [1.807, 2.05) is 0 Å². The lowest BCUT2D eigenvalue weighted by molar-refractivity contribution is -0.125. The van der Waals surface area contributed by atoms with E-state index in [0.717, 1.165) is 19.3 Å². The van der Waals surface area contributed by atoms with Gasteiger partial charge in [-0.2, -0.15) is 0 Å². The van der Waals surface area contributed by atoms with Gasteiger partial charge >= 0.3 is 12.1 Å². The van der Waals surface area contributed by atoms with E-state index >= 15 is 0 Å². The Hall–Kier alpha value is -2.57. The van der Waals surface area contributed by atoms with Crippen molar-refractivity contribution in [2.75, 3.05) is 11.9 Å². The molecule has 1 aromatic rings. The Kier molecular flexibility index (Phi) is 7.43. The van der Waals surface area contributed by atoms with Gasteiger partial charge in [0.25, 0.3) is 5.91 Å². The molecule has 1 fully saturated rings. The Morgan fingerprint density at radius 1 is 1.14 bits per heavy atom. The molecule has 0 bridgehead atoms. The molecule has 0 aliphatic heterocycles. The number of carbonyl (C=O) groups is 3. The number of hydrogen-bond donors (Lipinski definition) is 2. The van der Waals surface area contributed by atoms with Crippen LogP contribution < -0.4 is 10.6 Å². The maximum Gasteiger partial charge on any atom is 0.412 e. The highest BCUT2D eigenvalue weighted by Gasteiger charge is 2.23. The number of esters is 1. The van der Waals surface area contributed by atoms with Crippen molar-refractivity contribution < 1.29 is 23.9 Å². The third kappa shape index (κ3) is 7.21. The molecule has 1 aliphatic carbocycles. The number of carbonyl (C=O) groups excluding carboxylic acids is 3. The van der Waals surface area contributed by atoms with Crippen molar-refractivity contribution in [2.45, 2.75) is 65.0 Å². The SMILES string of the molecule is C[C@H]1CCCC[C@H]1NC(=O)COC(=O)c1cccc(NC(=O)OC(C)(C)C)c1. The standard InChI is InChI=1S/C21H30N2O5/c1-14-8-5-6-11-17(14)23-18(24)13-27-19(25)15-9-7-10-16(12-15)22-20(26)28-21(2,3)4/h7,9-10,12,14,17H,5-6,8,11,13H2,1-4H3,(H,22,26)(H,23,24)/t14-,17+/m0/s1. The molecule has 1 saturated carbocycles. The van der Waals surface area contributed by atoms with E-state index in [-0.39, 0.29) is 24.1 Å². The van der Waals surface area contributed by atoms with Crippen LogP contribution in [0.1, 0.15) is 63.7 Å². The number of nitrogens with one attached hydrogen (secondary N) is 2. The summed E-state index contributed by atoms with van der Waals surface area (Å²) in [6.07, 6.45) is 3.74. The first-order valence-electron chi connectivity index (χ1n) is 9.70. The molecular weight excluding hydrogens is 360 g/mol. The van der Waals surface area contributed by atoms with Crippen molar-refractivity contribution in [3.63, 3.8) is 0 Å². The Morgan fingerprint density at radius 2 is 1.86 bits per heavy atom. The maximum absolute atomic E-state index is 12.2. The zero-order chi connectivity index (χ0) is 20.7. The minimum absolute atomic E-state index is 0.140. The van der Waals surface area contributed by atoms with Crippen molar-refractivity contribution in [3.8, 4) is 0 Å². The molecule has 0 unspecified atom stereocenters. The summed E-state index contributed by atoms with van der Waals surface area (Å²) in [7, 11) is 0. The fourth-order valence-corrected chi connectivity index (χ4v) is 3.14. The van der Waals surface area contributed by atoms with Crippen LogP contribution >= 0.6 is 0 Å². The summed E-state index contributed by atoms with van der Waals surface area (Å²) >= 11 is 0. The third-order valence-corrected chi connectivity index (χ3v) is 4.54. The van der Waals surface area contributed by atoms with Crippen LogP contribution in [0.15, 0.2) is 24.3 Å². The Balaban J connectivity index is 1.85. The van der Waals surface area contributed by atoms with Gasteiger partial charge in [0.2, 0.25) is 0 Å². The molecule has 154 valence electrons. The lowest BCUT2D eigenvalue weighted by Crippen LogP contribution is -2.42. The zero-order valence-corrected chi connectivity index (χ0v) is 17.0. The largest absolute Gasteiger partial charge is 0.452 e. The number of amides is 2. The minimum atomic E-state index is -0.625. The van der Waals surface area contributed by atoms with Crippen LogP contribution in [-0.2, 0) is 14.3 Å². The van der Waals surface area contributed by atoms with E-state index in [4.69, 9.17) is 9.47 Å². The lowest BCUT2D eigenvalue weighted by Gasteiger charge is -2.29. The highest BCUT2D eigenvalue weighted by molar-refractivity contribution is 5.93. The second kappa shape index (κ2) is 9.57. The second-order valence-electron chi connectivity index (χ2n) is 8.22. The van der Waals surface area contributed by atoms with Crippen LogP contribution in [0.3, 0.4) is 0 Å². The summed E-state index contributed by atoms with van der Waals surface area (Å²) < 4.78 is 10.3. The first-order valence-corrected chi connectivity index (χ1v) is 9.70. The van der Waals surface area contributed by atoms with Gasteiger partial charge in [0.1, 0.15) is 5.60 Å². The van der Waals surface area contributed by atoms with Crippen LogP contribution in [0.2, 0.25) is 0 Å². The van der Waals surface area contributed by atoms with Gasteiger partial charge in [-0.1, -0.05) is 25.8 Å². The molecule has 0 saturated heterocycles. The lowest BCUT2D eigenvalue weighted by atomic mass is 9.86. The second-order valence-corrected chi connectivity index (χ2v) is 8.22. The smallest absolute Gasteiger partial charge is 0.412 e. The van der Waals surface area contributed by atoms with E-state index in [1.54, 1.807) is 39.0 Å². The minimum Gasteiger partial charge on any atom is -0.452 e. The van der Waals surface area contributed by atoms with Crippen molar-refractivity contribution in [3.05, 3.63) is 29.8 Å². The predicted molar refractivity (Wildman–Crippen MR) is 106 cm³/mol. The van der Waals surface area contributed by atoms with E-state index in [1.165, 1.54) is 12.5 Å². The first kappa shape index (κ1) is 21.7. The summed E-state index contributed by atoms with van der Waals surface area (Å²) in [6.45, 7) is 7.09. The molecule has 0 radical (unpaired) electrons. The number of hydrogen-bond acceptors (Lipinski definition) is 5. The average molecular weight is 390 g/mol. The van der Waals surface area contributed by atoms with Crippen LogP contribution in [0.25, 0.3) is 0 Å². The van der Waals surface area contributed by atoms with Crippen molar-refractivity contribution in [2.24, 2.45) is 5.92 Å². The van der Waals surface area contributed by atoms with Gasteiger partial charge < -0.3 is 14.8 Å². The molecule has 1 aromatic carbocycles. The van der Waals surface area contributed by atoms with Gasteiger partial charge in [0, 0.05) is 11.7 Å². The van der Waals surface area contributed by atoms with Gasteiger partial charge in [-0.05, 0) is 57.7 Å². The van der Waals surface area contributed by atoms with Crippen LogP contribution in [0.4, 0.5) is 10.5 Å². The van der Waals surface area contributed by atoms with Crippen molar-refractivity contribution >= 4 is 23.7 Å². The quantitative estimate of drug-likeness (QED) is 0.744. The molecule has 7 nitrogen and oxygen atoms in total. The van der Waals surface area contributed by atoms with Gasteiger partial charge in [0.15, 0.2) is 6.61 Å². The van der Waals surface area contributed by atoms with Crippen LogP contribution in [-0.4, -0.2) is 36.2 Å². The number of anilines is 1. The number of ether oxygens (including phenoxy) is 2. The molecule has 0 spiro atoms. The monoisotopic (exact) mass is 390 g/mol. The normalized spacial score (nSPS) is 19.4. The van der Waals surface area contributed by atoms with Gasteiger partial charge in [-0.25, -0.2) is 9.59 Å². The summed E-state index contributed by atoms with van der Waals surface area (Å²) in [4.78, 5) is 36.1. The van der Waals surface area contributed by atoms with Crippen molar-refractivity contribution in [1.29, 1.82) is 0 Å². The molecular formula is C21H30N2O5. The summed E-state index contributed by atoms with van der Waals surface area (Å²) in [5, 5.41) is 5.51.